The Labute approximate surface area is 161 Å². The zero-order valence-electron chi connectivity index (χ0n) is 18.6. The fraction of sp³-hybridized carbons (Fsp3) is 0.917. The van der Waals surface area contributed by atoms with Gasteiger partial charge in [0.05, 0.1) is 0 Å². The van der Waals surface area contributed by atoms with Gasteiger partial charge in [0.2, 0.25) is 0 Å². The molecule has 0 amide bonds. The van der Waals surface area contributed by atoms with E-state index in [1.165, 1.54) is 109 Å². The van der Waals surface area contributed by atoms with Crippen LogP contribution in [0.1, 0.15) is 123 Å². The van der Waals surface area contributed by atoms with Gasteiger partial charge in [0, 0.05) is 0 Å². The molecule has 0 saturated carbocycles. The van der Waals surface area contributed by atoms with Crippen LogP contribution in [-0.4, -0.2) is 26.0 Å². The quantitative estimate of drug-likeness (QED) is 0.187. The van der Waals surface area contributed by atoms with Crippen LogP contribution in [0.3, 0.4) is 0 Å². The standard InChI is InChI=1S/C21H42.C3H9N/c1-3-5-7-9-11-13-15-17-19-21-20-18-16-14-12-10-8-6-4-2;1-4(2)3/h7,9H,3-6,8,10-21H2,1-2H3;1-3H3. The van der Waals surface area contributed by atoms with E-state index in [2.05, 4.69) is 26.0 Å². The van der Waals surface area contributed by atoms with Crippen LogP contribution in [0.4, 0.5) is 0 Å². The Hall–Kier alpha value is -0.300. The van der Waals surface area contributed by atoms with Crippen LogP contribution in [0.15, 0.2) is 12.2 Å². The second kappa shape index (κ2) is 25.9. The lowest BCUT2D eigenvalue weighted by Gasteiger charge is -2.02. The van der Waals surface area contributed by atoms with E-state index in [1.807, 2.05) is 26.0 Å². The molecule has 0 aliphatic heterocycles. The molecule has 25 heavy (non-hydrogen) atoms. The van der Waals surface area contributed by atoms with Crippen molar-refractivity contribution >= 4 is 0 Å². The Kier molecular flexibility index (Phi) is 27.9. The van der Waals surface area contributed by atoms with Crippen molar-refractivity contribution in [1.29, 1.82) is 0 Å². The summed E-state index contributed by atoms with van der Waals surface area (Å²) < 4.78 is 0. The first-order chi connectivity index (χ1) is 12.1. The first kappa shape index (κ1) is 26.9. The first-order valence-corrected chi connectivity index (χ1v) is 11.4. The Morgan fingerprint density at radius 2 is 0.760 bits per heavy atom. The lowest BCUT2D eigenvalue weighted by atomic mass is 10.0. The molecule has 0 atom stereocenters. The van der Waals surface area contributed by atoms with E-state index in [0.717, 1.165) is 0 Å². The van der Waals surface area contributed by atoms with E-state index in [1.54, 1.807) is 0 Å². The number of hydrogen-bond donors (Lipinski definition) is 0. The maximum Gasteiger partial charge on any atom is -0.0140 e. The summed E-state index contributed by atoms with van der Waals surface area (Å²) in [5.41, 5.74) is 0. The van der Waals surface area contributed by atoms with Crippen molar-refractivity contribution in [3.8, 4) is 0 Å². The number of unbranched alkanes of at least 4 members (excludes halogenated alkanes) is 15. The molecule has 1 heteroatoms. The number of allylic oxidation sites excluding steroid dienone is 2. The van der Waals surface area contributed by atoms with Gasteiger partial charge in [-0.3, -0.25) is 0 Å². The van der Waals surface area contributed by atoms with E-state index in [4.69, 9.17) is 0 Å². The average molecular weight is 354 g/mol. The zero-order chi connectivity index (χ0) is 19.0. The summed E-state index contributed by atoms with van der Waals surface area (Å²) in [5.74, 6) is 0. The van der Waals surface area contributed by atoms with Crippen molar-refractivity contribution in [3.05, 3.63) is 12.2 Å². The summed E-state index contributed by atoms with van der Waals surface area (Å²) >= 11 is 0. The maximum atomic E-state index is 2.38. The van der Waals surface area contributed by atoms with Crippen molar-refractivity contribution in [2.45, 2.75) is 123 Å². The Morgan fingerprint density at radius 3 is 1.12 bits per heavy atom. The Balaban J connectivity index is 0. The molecule has 0 aromatic heterocycles. The van der Waals surface area contributed by atoms with Crippen LogP contribution in [-0.2, 0) is 0 Å². The van der Waals surface area contributed by atoms with Gasteiger partial charge >= 0.3 is 0 Å². The lowest BCUT2D eigenvalue weighted by molar-refractivity contribution is 0.505. The second-order valence-electron chi connectivity index (χ2n) is 7.99. The third kappa shape index (κ3) is 35.6. The highest BCUT2D eigenvalue weighted by Crippen LogP contribution is 2.13. The topological polar surface area (TPSA) is 3.24 Å². The molecule has 0 rings (SSSR count). The maximum absolute atomic E-state index is 2.38. The largest absolute Gasteiger partial charge is 0.312 e. The molecule has 0 aliphatic rings. The van der Waals surface area contributed by atoms with Crippen molar-refractivity contribution < 1.29 is 0 Å². The van der Waals surface area contributed by atoms with Gasteiger partial charge in [0.25, 0.3) is 0 Å². The summed E-state index contributed by atoms with van der Waals surface area (Å²) in [6.07, 6.45) is 29.0. The summed E-state index contributed by atoms with van der Waals surface area (Å²) in [5, 5.41) is 0. The van der Waals surface area contributed by atoms with Gasteiger partial charge in [0.1, 0.15) is 0 Å². The highest BCUT2D eigenvalue weighted by atomic mass is 15.0. The molecule has 1 nitrogen and oxygen atoms in total. The molecule has 0 spiro atoms. The predicted octanol–water partition coefficient (Wildman–Crippen LogP) is 8.39. The molecule has 152 valence electrons. The van der Waals surface area contributed by atoms with Crippen LogP contribution in [0, 0.1) is 0 Å². The third-order valence-electron chi connectivity index (χ3n) is 4.35. The van der Waals surface area contributed by atoms with Crippen LogP contribution < -0.4 is 0 Å². The van der Waals surface area contributed by atoms with E-state index in [9.17, 15) is 0 Å². The average Bonchev–Trinajstić information content (AvgIpc) is 2.57. The van der Waals surface area contributed by atoms with Crippen LogP contribution in [0.5, 0.6) is 0 Å². The SMILES string of the molecule is CCCC=CCCCCCCCCCCCCCCCC.CN(C)C. The third-order valence-corrected chi connectivity index (χ3v) is 4.35. The van der Waals surface area contributed by atoms with Gasteiger partial charge in [-0.1, -0.05) is 116 Å². The minimum absolute atomic E-state index is 1.26. The molecule has 0 aromatic rings. The molecular formula is C24H51N. The number of rotatable bonds is 17. The van der Waals surface area contributed by atoms with Crippen LogP contribution in [0.25, 0.3) is 0 Å². The summed E-state index contributed by atoms with van der Waals surface area (Å²) in [7, 11) is 6.00. The van der Waals surface area contributed by atoms with Gasteiger partial charge in [0.15, 0.2) is 0 Å². The molecule has 0 saturated heterocycles. The normalized spacial score (nSPS) is 11.1. The predicted molar refractivity (Wildman–Crippen MR) is 119 cm³/mol. The summed E-state index contributed by atoms with van der Waals surface area (Å²) in [6.45, 7) is 4.54. The van der Waals surface area contributed by atoms with Gasteiger partial charge in [-0.15, -0.1) is 0 Å². The molecular weight excluding hydrogens is 302 g/mol. The first-order valence-electron chi connectivity index (χ1n) is 11.4. The van der Waals surface area contributed by atoms with Crippen molar-refractivity contribution in [2.75, 3.05) is 21.1 Å². The molecule has 0 aliphatic carbocycles. The molecule has 0 radical (unpaired) electrons. The minimum atomic E-state index is 1.26. The Bertz CT molecular complexity index is 229. The Morgan fingerprint density at radius 1 is 0.440 bits per heavy atom. The van der Waals surface area contributed by atoms with E-state index < -0.39 is 0 Å². The minimum Gasteiger partial charge on any atom is -0.312 e. The molecule has 0 N–H and O–H groups in total. The second-order valence-corrected chi connectivity index (χ2v) is 7.99. The van der Waals surface area contributed by atoms with Crippen molar-refractivity contribution in [1.82, 2.24) is 4.90 Å². The van der Waals surface area contributed by atoms with Gasteiger partial charge in [-0.25, -0.2) is 0 Å². The lowest BCUT2D eigenvalue weighted by Crippen LogP contribution is -1.99. The number of nitrogens with zero attached hydrogens (tertiary/aromatic N) is 1. The smallest absolute Gasteiger partial charge is 0.0140 e. The fourth-order valence-corrected chi connectivity index (χ4v) is 2.86. The van der Waals surface area contributed by atoms with E-state index in [-0.39, 0.29) is 0 Å². The monoisotopic (exact) mass is 353 g/mol. The van der Waals surface area contributed by atoms with Crippen molar-refractivity contribution in [2.24, 2.45) is 0 Å². The van der Waals surface area contributed by atoms with Gasteiger partial charge in [-0.05, 0) is 40.4 Å². The van der Waals surface area contributed by atoms with E-state index in [0.29, 0.717) is 0 Å². The molecule has 0 unspecified atom stereocenters. The summed E-state index contributed by atoms with van der Waals surface area (Å²) in [4.78, 5) is 2.00. The molecule has 0 aromatic carbocycles. The fourth-order valence-electron chi connectivity index (χ4n) is 2.86. The molecule has 0 fully saturated rings. The molecule has 0 bridgehead atoms. The zero-order valence-corrected chi connectivity index (χ0v) is 18.6. The highest BCUT2D eigenvalue weighted by molar-refractivity contribution is 4.80. The van der Waals surface area contributed by atoms with Gasteiger partial charge in [-0.2, -0.15) is 0 Å². The van der Waals surface area contributed by atoms with Gasteiger partial charge < -0.3 is 4.90 Å². The highest BCUT2D eigenvalue weighted by Gasteiger charge is 1.93. The molecule has 0 heterocycles. The van der Waals surface area contributed by atoms with E-state index >= 15 is 0 Å². The number of hydrogen-bond acceptors (Lipinski definition) is 1. The summed E-state index contributed by atoms with van der Waals surface area (Å²) in [6, 6.07) is 0. The van der Waals surface area contributed by atoms with Crippen molar-refractivity contribution in [3.63, 3.8) is 0 Å². The van der Waals surface area contributed by atoms with Crippen LogP contribution in [0.2, 0.25) is 0 Å². The van der Waals surface area contributed by atoms with Crippen LogP contribution >= 0.6 is 0 Å².